The Balaban J connectivity index is 1.43. The van der Waals surface area contributed by atoms with Gasteiger partial charge in [-0.25, -0.2) is 0 Å². The maximum atomic E-state index is 10.8. The molecule has 35 heavy (non-hydrogen) atoms. The second kappa shape index (κ2) is 11.2. The van der Waals surface area contributed by atoms with Gasteiger partial charge in [0.15, 0.2) is 5.76 Å². The topological polar surface area (TPSA) is 66.6 Å². The van der Waals surface area contributed by atoms with E-state index in [1.807, 2.05) is 49.4 Å². The lowest BCUT2D eigenvalue weighted by Crippen LogP contribution is -2.20. The van der Waals surface area contributed by atoms with Crippen LogP contribution in [0.5, 0.6) is 0 Å². The summed E-state index contributed by atoms with van der Waals surface area (Å²) < 4.78 is 5.73. The Morgan fingerprint density at radius 3 is 2.26 bits per heavy atom. The molecular formula is C29H29ClN2O3. The Hall–Kier alpha value is -3.57. The van der Waals surface area contributed by atoms with Crippen LogP contribution in [0.15, 0.2) is 77.3 Å². The highest BCUT2D eigenvalue weighted by Gasteiger charge is 2.18. The zero-order chi connectivity index (χ0) is 24.8. The summed E-state index contributed by atoms with van der Waals surface area (Å²) >= 11 is 6.11. The molecule has 0 unspecified atom stereocenters. The van der Waals surface area contributed by atoms with Gasteiger partial charge in [-0.1, -0.05) is 77.4 Å². The van der Waals surface area contributed by atoms with Crippen molar-refractivity contribution in [2.24, 2.45) is 0 Å². The zero-order valence-electron chi connectivity index (χ0n) is 20.0. The molecule has 0 amide bonds. The zero-order valence-corrected chi connectivity index (χ0v) is 20.8. The van der Waals surface area contributed by atoms with Gasteiger partial charge in [0.1, 0.15) is 11.4 Å². The van der Waals surface area contributed by atoms with Crippen LogP contribution in [0.4, 0.5) is 5.69 Å². The highest BCUT2D eigenvalue weighted by Crippen LogP contribution is 2.34. The number of hydrogen-bond donors (Lipinski definition) is 1. The van der Waals surface area contributed by atoms with Crippen LogP contribution in [-0.2, 0) is 17.6 Å². The van der Waals surface area contributed by atoms with Gasteiger partial charge in [-0.05, 0) is 60.6 Å². The first-order valence-electron chi connectivity index (χ1n) is 11.7. The second-order valence-corrected chi connectivity index (χ2v) is 9.21. The van der Waals surface area contributed by atoms with Crippen molar-refractivity contribution in [3.05, 3.63) is 94.6 Å². The predicted molar refractivity (Wildman–Crippen MR) is 141 cm³/mol. The fourth-order valence-corrected chi connectivity index (χ4v) is 4.47. The SMILES string of the molecule is Cc1noc(-c2ccc(-c3ccc(CCC(=O)O)cc3)cc2)c1N(C)CCCc1cccc(Cl)c1. The Morgan fingerprint density at radius 1 is 0.943 bits per heavy atom. The standard InChI is InChI=1S/C29H29ClN2O3/c1-20-28(32(2)18-4-6-22-5-3-7-26(30)19-22)29(35-31-20)25-15-13-24(14-16-25)23-11-8-21(9-12-23)10-17-27(33)34/h3,5,7-9,11-16,19H,4,6,10,17-18H2,1-2H3,(H,33,34). The molecule has 0 saturated carbocycles. The number of nitrogens with zero attached hydrogens (tertiary/aromatic N) is 2. The molecule has 0 spiro atoms. The predicted octanol–water partition coefficient (Wildman–Crippen LogP) is 7.06. The molecule has 1 aromatic heterocycles. The average Bonchev–Trinajstić information content (AvgIpc) is 3.24. The van der Waals surface area contributed by atoms with Crippen LogP contribution in [-0.4, -0.2) is 29.8 Å². The molecule has 4 aromatic rings. The number of carboxylic acid groups (broad SMARTS) is 1. The third-order valence-electron chi connectivity index (χ3n) is 6.12. The van der Waals surface area contributed by atoms with Gasteiger partial charge in [-0.15, -0.1) is 0 Å². The normalized spacial score (nSPS) is 10.9. The van der Waals surface area contributed by atoms with Crippen molar-refractivity contribution in [2.75, 3.05) is 18.5 Å². The van der Waals surface area contributed by atoms with Gasteiger partial charge >= 0.3 is 5.97 Å². The van der Waals surface area contributed by atoms with Crippen LogP contribution >= 0.6 is 11.6 Å². The van der Waals surface area contributed by atoms with Crippen LogP contribution in [0.25, 0.3) is 22.5 Å². The molecule has 4 rings (SSSR count). The lowest BCUT2D eigenvalue weighted by molar-refractivity contribution is -0.136. The quantitative estimate of drug-likeness (QED) is 0.259. The number of benzene rings is 3. The fourth-order valence-electron chi connectivity index (χ4n) is 4.26. The Labute approximate surface area is 211 Å². The minimum Gasteiger partial charge on any atom is -0.481 e. The van der Waals surface area contributed by atoms with Crippen LogP contribution in [0, 0.1) is 6.92 Å². The van der Waals surface area contributed by atoms with E-state index in [1.54, 1.807) is 0 Å². The maximum absolute atomic E-state index is 10.8. The van der Waals surface area contributed by atoms with Gasteiger partial charge in [-0.2, -0.15) is 0 Å². The van der Waals surface area contributed by atoms with Gasteiger partial charge in [0.05, 0.1) is 0 Å². The summed E-state index contributed by atoms with van der Waals surface area (Å²) in [6.45, 7) is 2.84. The smallest absolute Gasteiger partial charge is 0.303 e. The van der Waals surface area contributed by atoms with Gasteiger partial charge in [-0.3, -0.25) is 4.79 Å². The second-order valence-electron chi connectivity index (χ2n) is 8.77. The number of aryl methyl sites for hydroxylation is 3. The molecule has 0 aliphatic carbocycles. The fraction of sp³-hybridized carbons (Fsp3) is 0.241. The Morgan fingerprint density at radius 2 is 1.60 bits per heavy atom. The van der Waals surface area contributed by atoms with Gasteiger partial charge in [0, 0.05) is 30.6 Å². The highest BCUT2D eigenvalue weighted by atomic mass is 35.5. The number of rotatable bonds is 10. The minimum absolute atomic E-state index is 0.141. The van der Waals surface area contributed by atoms with Gasteiger partial charge in [0.2, 0.25) is 0 Å². The number of carbonyl (C=O) groups is 1. The van der Waals surface area contributed by atoms with E-state index >= 15 is 0 Å². The summed E-state index contributed by atoms with van der Waals surface area (Å²) in [4.78, 5) is 13.0. The van der Waals surface area contributed by atoms with Crippen LogP contribution in [0.1, 0.15) is 29.7 Å². The van der Waals surface area contributed by atoms with Crippen LogP contribution < -0.4 is 4.90 Å². The van der Waals surface area contributed by atoms with Crippen molar-refractivity contribution in [3.8, 4) is 22.5 Å². The first-order chi connectivity index (χ1) is 16.9. The number of anilines is 1. The molecule has 0 atom stereocenters. The Kier molecular flexibility index (Phi) is 7.88. The van der Waals surface area contributed by atoms with Crippen LogP contribution in [0.3, 0.4) is 0 Å². The van der Waals surface area contributed by atoms with E-state index in [9.17, 15) is 4.79 Å². The summed E-state index contributed by atoms with van der Waals surface area (Å²) in [5.41, 5.74) is 7.28. The lowest BCUT2D eigenvalue weighted by atomic mass is 10.00. The van der Waals surface area contributed by atoms with Crippen LogP contribution in [0.2, 0.25) is 5.02 Å². The van der Waals surface area contributed by atoms with Crippen molar-refractivity contribution in [1.29, 1.82) is 0 Å². The molecule has 1 N–H and O–H groups in total. The van der Waals surface area contributed by atoms with Crippen molar-refractivity contribution in [2.45, 2.75) is 32.6 Å². The average molecular weight is 489 g/mol. The molecule has 0 fully saturated rings. The van der Waals surface area contributed by atoms with E-state index in [0.717, 1.165) is 63.8 Å². The Bertz CT molecular complexity index is 1280. The van der Waals surface area contributed by atoms with Crippen molar-refractivity contribution < 1.29 is 14.4 Å². The molecular weight excluding hydrogens is 460 g/mol. The van der Waals surface area contributed by atoms with E-state index in [-0.39, 0.29) is 6.42 Å². The first-order valence-corrected chi connectivity index (χ1v) is 12.1. The minimum atomic E-state index is -0.779. The van der Waals surface area contributed by atoms with Crippen molar-refractivity contribution in [1.82, 2.24) is 5.16 Å². The number of aliphatic carboxylic acids is 1. The summed E-state index contributed by atoms with van der Waals surface area (Å²) in [5.74, 6) is -0.0123. The van der Waals surface area contributed by atoms with E-state index in [2.05, 4.69) is 47.4 Å². The first kappa shape index (κ1) is 24.6. The van der Waals surface area contributed by atoms with E-state index in [4.69, 9.17) is 21.2 Å². The number of hydrogen-bond acceptors (Lipinski definition) is 4. The monoisotopic (exact) mass is 488 g/mol. The molecule has 0 aliphatic heterocycles. The molecule has 0 bridgehead atoms. The summed E-state index contributed by atoms with van der Waals surface area (Å²) in [7, 11) is 2.07. The number of carboxylic acids is 1. The summed E-state index contributed by atoms with van der Waals surface area (Å²) in [6.07, 6.45) is 2.62. The third-order valence-corrected chi connectivity index (χ3v) is 6.36. The molecule has 180 valence electrons. The largest absolute Gasteiger partial charge is 0.481 e. The van der Waals surface area contributed by atoms with E-state index in [0.29, 0.717) is 6.42 Å². The van der Waals surface area contributed by atoms with Crippen molar-refractivity contribution in [3.63, 3.8) is 0 Å². The van der Waals surface area contributed by atoms with E-state index < -0.39 is 5.97 Å². The molecule has 1 heterocycles. The molecule has 0 aliphatic rings. The molecule has 6 heteroatoms. The number of aromatic nitrogens is 1. The molecule has 0 radical (unpaired) electrons. The van der Waals surface area contributed by atoms with E-state index in [1.165, 1.54) is 5.56 Å². The van der Waals surface area contributed by atoms with Gasteiger partial charge < -0.3 is 14.5 Å². The maximum Gasteiger partial charge on any atom is 0.303 e. The molecule has 0 saturated heterocycles. The lowest BCUT2D eigenvalue weighted by Gasteiger charge is -2.19. The summed E-state index contributed by atoms with van der Waals surface area (Å²) in [6, 6.07) is 24.3. The third kappa shape index (κ3) is 6.31. The highest BCUT2D eigenvalue weighted by molar-refractivity contribution is 6.30. The molecule has 3 aromatic carbocycles. The number of halogens is 1. The molecule has 5 nitrogen and oxygen atoms in total. The van der Waals surface area contributed by atoms with Gasteiger partial charge in [0.25, 0.3) is 0 Å². The summed E-state index contributed by atoms with van der Waals surface area (Å²) in [5, 5.41) is 13.9. The van der Waals surface area contributed by atoms with Crippen molar-refractivity contribution >= 4 is 23.3 Å².